The molecule has 0 saturated carbocycles. The van der Waals surface area contributed by atoms with Gasteiger partial charge in [-0.1, -0.05) is 30.3 Å². The van der Waals surface area contributed by atoms with Gasteiger partial charge < -0.3 is 10.6 Å². The lowest BCUT2D eigenvalue weighted by Gasteiger charge is -2.29. The zero-order chi connectivity index (χ0) is 16.9. The summed E-state index contributed by atoms with van der Waals surface area (Å²) in [5.74, 6) is -0.818. The first kappa shape index (κ1) is 20.8. The molecular weight excluding hydrogens is 341 g/mol. The molecule has 3 atom stereocenters. The van der Waals surface area contributed by atoms with E-state index in [0.717, 1.165) is 5.56 Å². The summed E-state index contributed by atoms with van der Waals surface area (Å²) in [6, 6.07) is 7.38. The molecular formula is C17H24ClF3N2O. The van der Waals surface area contributed by atoms with Gasteiger partial charge in [0.2, 0.25) is 5.91 Å². The molecule has 1 saturated heterocycles. The fraction of sp³-hybridized carbons (Fsp3) is 0.588. The molecule has 0 spiro atoms. The highest BCUT2D eigenvalue weighted by Gasteiger charge is 2.41. The van der Waals surface area contributed by atoms with Crippen molar-refractivity contribution in [2.45, 2.75) is 50.9 Å². The SMILES string of the molecule is C[C@H]1C[C@@H](C(=O)NC(CCc2ccccc2)C(F)(F)F)CCN1.Cl. The second kappa shape index (κ2) is 9.28. The van der Waals surface area contributed by atoms with Crippen molar-refractivity contribution < 1.29 is 18.0 Å². The van der Waals surface area contributed by atoms with Crippen LogP contribution in [0.3, 0.4) is 0 Å². The van der Waals surface area contributed by atoms with Gasteiger partial charge in [-0.2, -0.15) is 13.2 Å². The summed E-state index contributed by atoms with van der Waals surface area (Å²) in [5, 5.41) is 5.42. The van der Waals surface area contributed by atoms with Crippen molar-refractivity contribution in [2.24, 2.45) is 5.92 Å². The van der Waals surface area contributed by atoms with E-state index in [4.69, 9.17) is 0 Å². The Hall–Kier alpha value is -1.27. The number of carbonyl (C=O) groups excluding carboxylic acids is 1. The third-order valence-electron chi connectivity index (χ3n) is 4.27. The number of aryl methyl sites for hydroxylation is 1. The smallest absolute Gasteiger partial charge is 0.344 e. The number of carbonyl (C=O) groups is 1. The van der Waals surface area contributed by atoms with Gasteiger partial charge in [0.05, 0.1) is 0 Å². The third-order valence-corrected chi connectivity index (χ3v) is 4.27. The third kappa shape index (κ3) is 6.32. The van der Waals surface area contributed by atoms with E-state index in [-0.39, 0.29) is 37.2 Å². The van der Waals surface area contributed by atoms with E-state index in [1.807, 2.05) is 13.0 Å². The highest BCUT2D eigenvalue weighted by molar-refractivity contribution is 5.85. The Labute approximate surface area is 146 Å². The molecule has 2 N–H and O–H groups in total. The Morgan fingerprint density at radius 1 is 1.33 bits per heavy atom. The van der Waals surface area contributed by atoms with Crippen molar-refractivity contribution in [1.82, 2.24) is 10.6 Å². The minimum absolute atomic E-state index is 0. The average molecular weight is 365 g/mol. The van der Waals surface area contributed by atoms with Crippen molar-refractivity contribution in [2.75, 3.05) is 6.54 Å². The molecule has 1 fully saturated rings. The van der Waals surface area contributed by atoms with Crippen molar-refractivity contribution in [3.8, 4) is 0 Å². The molecule has 24 heavy (non-hydrogen) atoms. The van der Waals surface area contributed by atoms with Crippen molar-refractivity contribution >= 4 is 18.3 Å². The highest BCUT2D eigenvalue weighted by atomic mass is 35.5. The van der Waals surface area contributed by atoms with Crippen LogP contribution in [0.25, 0.3) is 0 Å². The van der Waals surface area contributed by atoms with Crippen LogP contribution in [0.4, 0.5) is 13.2 Å². The van der Waals surface area contributed by atoms with Crippen LogP contribution < -0.4 is 10.6 Å². The zero-order valence-corrected chi connectivity index (χ0v) is 14.4. The standard InChI is InChI=1S/C17H23F3N2O.ClH/c1-12-11-14(9-10-21-12)16(23)22-15(17(18,19)20)8-7-13-5-3-2-4-6-13;/h2-6,12,14-15,21H,7-11H2,1H3,(H,22,23);1H/t12-,14-,15?;/m0./s1. The summed E-state index contributed by atoms with van der Waals surface area (Å²) < 4.78 is 39.6. The Kier molecular flexibility index (Phi) is 8.03. The molecule has 136 valence electrons. The summed E-state index contributed by atoms with van der Waals surface area (Å²) in [7, 11) is 0. The molecule has 1 unspecified atom stereocenters. The van der Waals surface area contributed by atoms with E-state index < -0.39 is 18.1 Å². The van der Waals surface area contributed by atoms with Gasteiger partial charge >= 0.3 is 6.18 Å². The number of nitrogens with one attached hydrogen (secondary N) is 2. The number of benzene rings is 1. The summed E-state index contributed by atoms with van der Waals surface area (Å²) in [6.07, 6.45) is -3.12. The maximum absolute atomic E-state index is 13.2. The van der Waals surface area contributed by atoms with Gasteiger partial charge in [0.15, 0.2) is 0 Å². The fourth-order valence-electron chi connectivity index (χ4n) is 2.93. The Balaban J connectivity index is 0.00000288. The largest absolute Gasteiger partial charge is 0.408 e. The van der Waals surface area contributed by atoms with Crippen LogP contribution in [0.2, 0.25) is 0 Å². The van der Waals surface area contributed by atoms with E-state index in [9.17, 15) is 18.0 Å². The quantitative estimate of drug-likeness (QED) is 0.840. The molecule has 0 aliphatic carbocycles. The number of rotatable bonds is 5. The van der Waals surface area contributed by atoms with Crippen LogP contribution in [-0.4, -0.2) is 30.7 Å². The van der Waals surface area contributed by atoms with Crippen LogP contribution in [0.5, 0.6) is 0 Å². The number of hydrogen-bond donors (Lipinski definition) is 2. The van der Waals surface area contributed by atoms with E-state index >= 15 is 0 Å². The fourth-order valence-corrected chi connectivity index (χ4v) is 2.93. The first-order chi connectivity index (χ1) is 10.9. The van der Waals surface area contributed by atoms with Gasteiger partial charge in [-0.25, -0.2) is 0 Å². The topological polar surface area (TPSA) is 41.1 Å². The van der Waals surface area contributed by atoms with Gasteiger partial charge in [0.25, 0.3) is 0 Å². The summed E-state index contributed by atoms with van der Waals surface area (Å²) >= 11 is 0. The Bertz CT molecular complexity index is 510. The van der Waals surface area contributed by atoms with Crippen LogP contribution in [-0.2, 0) is 11.2 Å². The lowest BCUT2D eigenvalue weighted by atomic mass is 9.92. The van der Waals surface area contributed by atoms with Crippen molar-refractivity contribution in [1.29, 1.82) is 0 Å². The number of piperidine rings is 1. The molecule has 3 nitrogen and oxygen atoms in total. The van der Waals surface area contributed by atoms with E-state index in [1.54, 1.807) is 24.3 Å². The summed E-state index contributed by atoms with van der Waals surface area (Å²) in [6.45, 7) is 2.61. The lowest BCUT2D eigenvalue weighted by Crippen LogP contribution is -2.50. The normalized spacial score (nSPS) is 22.3. The van der Waals surface area contributed by atoms with Crippen LogP contribution in [0.15, 0.2) is 30.3 Å². The molecule has 0 radical (unpaired) electrons. The average Bonchev–Trinajstić information content (AvgIpc) is 2.51. The first-order valence-corrected chi connectivity index (χ1v) is 8.00. The molecule has 1 aromatic rings. The van der Waals surface area contributed by atoms with E-state index in [1.165, 1.54) is 0 Å². The first-order valence-electron chi connectivity index (χ1n) is 8.00. The van der Waals surface area contributed by atoms with Crippen LogP contribution >= 0.6 is 12.4 Å². The van der Waals surface area contributed by atoms with Gasteiger partial charge in [0.1, 0.15) is 6.04 Å². The summed E-state index contributed by atoms with van der Waals surface area (Å²) in [5.41, 5.74) is 0.839. The number of hydrogen-bond acceptors (Lipinski definition) is 2. The second-order valence-electron chi connectivity index (χ2n) is 6.20. The molecule has 7 heteroatoms. The van der Waals surface area contributed by atoms with Crippen LogP contribution in [0, 0.1) is 5.92 Å². The van der Waals surface area contributed by atoms with Crippen molar-refractivity contribution in [3.63, 3.8) is 0 Å². The minimum Gasteiger partial charge on any atom is -0.344 e. The van der Waals surface area contributed by atoms with Gasteiger partial charge in [0, 0.05) is 12.0 Å². The molecule has 1 aromatic carbocycles. The predicted molar refractivity (Wildman–Crippen MR) is 90.2 cm³/mol. The molecule has 0 aromatic heterocycles. The lowest BCUT2D eigenvalue weighted by molar-refractivity contribution is -0.164. The second-order valence-corrected chi connectivity index (χ2v) is 6.20. The maximum Gasteiger partial charge on any atom is 0.408 e. The number of alkyl halides is 3. The molecule has 1 heterocycles. The number of amides is 1. The minimum atomic E-state index is -4.43. The van der Waals surface area contributed by atoms with Crippen LogP contribution in [0.1, 0.15) is 31.7 Å². The maximum atomic E-state index is 13.2. The van der Waals surface area contributed by atoms with Gasteiger partial charge in [-0.15, -0.1) is 12.4 Å². The Morgan fingerprint density at radius 3 is 2.58 bits per heavy atom. The Morgan fingerprint density at radius 2 is 2.00 bits per heavy atom. The molecule has 1 aliphatic rings. The predicted octanol–water partition coefficient (Wildman–Crippen LogP) is 3.48. The van der Waals surface area contributed by atoms with E-state index in [2.05, 4.69) is 10.6 Å². The van der Waals surface area contributed by atoms with Crippen molar-refractivity contribution in [3.05, 3.63) is 35.9 Å². The van der Waals surface area contributed by atoms with Gasteiger partial charge in [-0.3, -0.25) is 4.79 Å². The van der Waals surface area contributed by atoms with E-state index in [0.29, 0.717) is 19.4 Å². The zero-order valence-electron chi connectivity index (χ0n) is 13.6. The monoisotopic (exact) mass is 364 g/mol. The molecule has 2 rings (SSSR count). The summed E-state index contributed by atoms with van der Waals surface area (Å²) in [4.78, 5) is 12.2. The number of halogens is 4. The van der Waals surface area contributed by atoms with Gasteiger partial charge in [-0.05, 0) is 44.7 Å². The molecule has 0 bridgehead atoms. The molecule has 1 aliphatic heterocycles. The molecule has 1 amide bonds. The highest BCUT2D eigenvalue weighted by Crippen LogP contribution is 2.25.